The number of halogens is 1. The van der Waals surface area contributed by atoms with E-state index in [1.165, 1.54) is 11.1 Å². The van der Waals surface area contributed by atoms with Gasteiger partial charge in [-0.2, -0.15) is 0 Å². The molecule has 1 N–H and O–H groups in total. The van der Waals surface area contributed by atoms with Crippen molar-refractivity contribution in [2.75, 3.05) is 13.2 Å². The largest absolute Gasteiger partial charge is 0.493 e. The minimum absolute atomic E-state index is 0.155. The third kappa shape index (κ3) is 3.36. The van der Waals surface area contributed by atoms with Crippen LogP contribution in [0.5, 0.6) is 5.75 Å². The van der Waals surface area contributed by atoms with E-state index >= 15 is 0 Å². The Morgan fingerprint density at radius 2 is 2.12 bits per heavy atom. The van der Waals surface area contributed by atoms with Crippen LogP contribution in [0.1, 0.15) is 31.9 Å². The van der Waals surface area contributed by atoms with Gasteiger partial charge in [0.05, 0.1) is 6.61 Å². The normalized spacial score (nSPS) is 14.6. The van der Waals surface area contributed by atoms with Gasteiger partial charge < -0.3 is 10.1 Å². The Balaban J connectivity index is 2.06. The Hall–Kier alpha value is -0.730. The van der Waals surface area contributed by atoms with Crippen molar-refractivity contribution < 1.29 is 4.74 Å². The molecule has 0 aromatic heterocycles. The number of nitrogens with one attached hydrogen (secondary N) is 1. The number of rotatable bonds is 3. The lowest BCUT2D eigenvalue weighted by molar-refractivity contribution is 0.352. The van der Waals surface area contributed by atoms with Crippen LogP contribution in [0.2, 0.25) is 5.02 Å². The Bertz CT molecular complexity index is 409. The molecule has 94 valence electrons. The number of ether oxygens (including phenoxy) is 1. The van der Waals surface area contributed by atoms with E-state index in [1.54, 1.807) is 0 Å². The summed E-state index contributed by atoms with van der Waals surface area (Å²) in [4.78, 5) is 0. The summed E-state index contributed by atoms with van der Waals surface area (Å²) in [5, 5.41) is 4.30. The van der Waals surface area contributed by atoms with Crippen LogP contribution in [-0.2, 0) is 12.8 Å². The molecule has 0 unspecified atom stereocenters. The fourth-order valence-electron chi connectivity index (χ4n) is 2.10. The molecule has 1 aromatic rings. The van der Waals surface area contributed by atoms with Crippen LogP contribution < -0.4 is 10.1 Å². The van der Waals surface area contributed by atoms with Crippen molar-refractivity contribution in [1.29, 1.82) is 0 Å². The molecule has 3 heteroatoms. The van der Waals surface area contributed by atoms with Gasteiger partial charge in [0.2, 0.25) is 0 Å². The average molecular weight is 254 g/mol. The number of benzene rings is 1. The molecule has 0 radical (unpaired) electrons. The molecule has 2 nitrogen and oxygen atoms in total. The molecule has 0 saturated carbocycles. The van der Waals surface area contributed by atoms with Crippen molar-refractivity contribution in [1.82, 2.24) is 5.32 Å². The van der Waals surface area contributed by atoms with Crippen LogP contribution in [0.3, 0.4) is 0 Å². The van der Waals surface area contributed by atoms with E-state index in [-0.39, 0.29) is 5.54 Å². The van der Waals surface area contributed by atoms with Crippen molar-refractivity contribution in [3.8, 4) is 5.75 Å². The fraction of sp³-hybridized carbons (Fsp3) is 0.571. The topological polar surface area (TPSA) is 21.3 Å². The van der Waals surface area contributed by atoms with Crippen molar-refractivity contribution in [2.24, 2.45) is 0 Å². The monoisotopic (exact) mass is 253 g/mol. The molecule has 17 heavy (non-hydrogen) atoms. The minimum Gasteiger partial charge on any atom is -0.493 e. The van der Waals surface area contributed by atoms with Crippen molar-refractivity contribution in [3.05, 3.63) is 28.3 Å². The molecule has 1 aliphatic heterocycles. The smallest absolute Gasteiger partial charge is 0.125 e. The van der Waals surface area contributed by atoms with Crippen molar-refractivity contribution >= 4 is 11.6 Å². The molecule has 0 aliphatic carbocycles. The van der Waals surface area contributed by atoms with Crippen molar-refractivity contribution in [3.63, 3.8) is 0 Å². The van der Waals surface area contributed by atoms with E-state index in [4.69, 9.17) is 16.3 Å². The Labute approximate surface area is 108 Å². The van der Waals surface area contributed by atoms with Crippen LogP contribution >= 0.6 is 11.6 Å². The summed E-state index contributed by atoms with van der Waals surface area (Å²) in [6.07, 6.45) is 1.94. The summed E-state index contributed by atoms with van der Waals surface area (Å²) in [5.41, 5.74) is 2.63. The maximum atomic E-state index is 6.12. The molecular formula is C14H20ClNO. The highest BCUT2D eigenvalue weighted by molar-refractivity contribution is 6.30. The minimum atomic E-state index is 0.155. The van der Waals surface area contributed by atoms with E-state index in [9.17, 15) is 0 Å². The zero-order chi connectivity index (χ0) is 12.5. The third-order valence-electron chi connectivity index (χ3n) is 2.88. The van der Waals surface area contributed by atoms with E-state index in [0.29, 0.717) is 0 Å². The molecular weight excluding hydrogens is 234 g/mol. The zero-order valence-corrected chi connectivity index (χ0v) is 11.5. The van der Waals surface area contributed by atoms with Crippen LogP contribution in [0.15, 0.2) is 12.1 Å². The molecule has 0 atom stereocenters. The van der Waals surface area contributed by atoms with E-state index < -0.39 is 0 Å². The van der Waals surface area contributed by atoms with Gasteiger partial charge >= 0.3 is 0 Å². The second kappa shape index (κ2) is 4.87. The summed E-state index contributed by atoms with van der Waals surface area (Å²) in [7, 11) is 0. The Kier molecular flexibility index (Phi) is 3.64. The maximum Gasteiger partial charge on any atom is 0.125 e. The molecule has 0 fully saturated rings. The lowest BCUT2D eigenvalue weighted by Gasteiger charge is -2.20. The fourth-order valence-corrected chi connectivity index (χ4v) is 2.37. The van der Waals surface area contributed by atoms with E-state index in [1.807, 2.05) is 12.1 Å². The van der Waals surface area contributed by atoms with Gasteiger partial charge in [0, 0.05) is 17.0 Å². The summed E-state index contributed by atoms with van der Waals surface area (Å²) in [5.74, 6) is 1.06. The van der Waals surface area contributed by atoms with Gasteiger partial charge in [0.15, 0.2) is 0 Å². The lowest BCUT2D eigenvalue weighted by Crippen LogP contribution is -2.37. The highest BCUT2D eigenvalue weighted by Gasteiger charge is 2.17. The first kappa shape index (κ1) is 12.7. The molecule has 1 aromatic carbocycles. The van der Waals surface area contributed by atoms with E-state index in [2.05, 4.69) is 26.1 Å². The SMILES string of the molecule is CC(C)(C)NCCc1cc(Cl)cc2c1OCC2. The number of hydrogen-bond acceptors (Lipinski definition) is 2. The number of hydrogen-bond donors (Lipinski definition) is 1. The van der Waals surface area contributed by atoms with Gasteiger partial charge in [-0.05, 0) is 57.0 Å². The Morgan fingerprint density at radius 3 is 2.82 bits per heavy atom. The molecule has 0 saturated heterocycles. The van der Waals surface area contributed by atoms with Gasteiger partial charge in [-0.3, -0.25) is 0 Å². The molecule has 1 aliphatic rings. The van der Waals surface area contributed by atoms with Crippen LogP contribution in [0.25, 0.3) is 0 Å². The highest BCUT2D eigenvalue weighted by Crippen LogP contribution is 2.32. The summed E-state index contributed by atoms with van der Waals surface area (Å²) >= 11 is 6.12. The second-order valence-electron chi connectivity index (χ2n) is 5.58. The summed E-state index contributed by atoms with van der Waals surface area (Å²) < 4.78 is 5.68. The van der Waals surface area contributed by atoms with Gasteiger partial charge in [0.1, 0.15) is 5.75 Å². The predicted octanol–water partition coefficient (Wildman–Crippen LogP) is 3.21. The van der Waals surface area contributed by atoms with Gasteiger partial charge in [0.25, 0.3) is 0 Å². The highest BCUT2D eigenvalue weighted by atomic mass is 35.5. The molecule has 2 rings (SSSR count). The second-order valence-corrected chi connectivity index (χ2v) is 6.01. The quantitative estimate of drug-likeness (QED) is 0.893. The van der Waals surface area contributed by atoms with Gasteiger partial charge in [-0.15, -0.1) is 0 Å². The third-order valence-corrected chi connectivity index (χ3v) is 3.09. The van der Waals surface area contributed by atoms with Crippen LogP contribution in [0.4, 0.5) is 0 Å². The molecule has 1 heterocycles. The van der Waals surface area contributed by atoms with Crippen LogP contribution in [0, 0.1) is 0 Å². The zero-order valence-electron chi connectivity index (χ0n) is 10.8. The van der Waals surface area contributed by atoms with Gasteiger partial charge in [-0.25, -0.2) is 0 Å². The molecule has 0 bridgehead atoms. The summed E-state index contributed by atoms with van der Waals surface area (Å²) in [6.45, 7) is 8.25. The van der Waals surface area contributed by atoms with Crippen LogP contribution in [-0.4, -0.2) is 18.7 Å². The van der Waals surface area contributed by atoms with Crippen molar-refractivity contribution in [2.45, 2.75) is 39.2 Å². The first-order chi connectivity index (χ1) is 7.96. The molecule has 0 spiro atoms. The first-order valence-corrected chi connectivity index (χ1v) is 6.53. The Morgan fingerprint density at radius 1 is 1.35 bits per heavy atom. The molecule has 0 amide bonds. The average Bonchev–Trinajstić information content (AvgIpc) is 2.63. The maximum absolute atomic E-state index is 6.12. The van der Waals surface area contributed by atoms with E-state index in [0.717, 1.165) is 36.8 Å². The summed E-state index contributed by atoms with van der Waals surface area (Å²) in [6, 6.07) is 4.04. The van der Waals surface area contributed by atoms with Gasteiger partial charge in [-0.1, -0.05) is 11.6 Å². The first-order valence-electron chi connectivity index (χ1n) is 6.15. The lowest BCUT2D eigenvalue weighted by atomic mass is 10.0. The number of fused-ring (bicyclic) bond motifs is 1. The standard InChI is InChI=1S/C14H20ClNO/c1-14(2,3)16-6-4-10-8-12(15)9-11-5-7-17-13(10)11/h8-9,16H,4-7H2,1-3H3. The predicted molar refractivity (Wildman–Crippen MR) is 72.1 cm³/mol.